The van der Waals surface area contributed by atoms with Gasteiger partial charge in [0.1, 0.15) is 5.75 Å². The molecular weight excluding hydrogens is 346 g/mol. The molecule has 24 heavy (non-hydrogen) atoms. The highest BCUT2D eigenvalue weighted by Crippen LogP contribution is 2.29. The molecule has 0 radical (unpaired) electrons. The molecule has 0 aliphatic rings. The van der Waals surface area contributed by atoms with Gasteiger partial charge in [0.15, 0.2) is 0 Å². The van der Waals surface area contributed by atoms with Crippen molar-refractivity contribution < 1.29 is 23.2 Å². The van der Waals surface area contributed by atoms with Gasteiger partial charge in [-0.25, -0.2) is 0 Å². The lowest BCUT2D eigenvalue weighted by Gasteiger charge is -2.10. The normalized spacial score (nSPS) is 10.5. The number of nitro benzene ring substituents is 1. The Kier molecular flexibility index (Phi) is 5.30. The fraction of sp³-hybridized carbons (Fsp3) is 0.133. The summed E-state index contributed by atoms with van der Waals surface area (Å²) in [4.78, 5) is 22.6. The predicted octanol–water partition coefficient (Wildman–Crippen LogP) is 4.41. The Bertz CT molecular complexity index is 799. The molecule has 2 rings (SSSR count). The highest BCUT2D eigenvalue weighted by atomic mass is 35.5. The number of nitrogens with zero attached hydrogens (tertiary/aromatic N) is 1. The number of amides is 1. The highest BCUT2D eigenvalue weighted by Gasteiger charge is 2.18. The van der Waals surface area contributed by atoms with Gasteiger partial charge in [-0.05, 0) is 31.2 Å². The molecule has 0 unspecified atom stereocenters. The summed E-state index contributed by atoms with van der Waals surface area (Å²) in [7, 11) is 0. The van der Waals surface area contributed by atoms with Gasteiger partial charge < -0.3 is 10.1 Å². The first-order valence-corrected chi connectivity index (χ1v) is 6.97. The van der Waals surface area contributed by atoms with Crippen molar-refractivity contribution >= 4 is 28.9 Å². The van der Waals surface area contributed by atoms with Gasteiger partial charge in [0.05, 0.1) is 9.95 Å². The van der Waals surface area contributed by atoms with E-state index in [0.29, 0.717) is 0 Å². The molecule has 0 fully saturated rings. The summed E-state index contributed by atoms with van der Waals surface area (Å²) in [6, 6.07) is 7.88. The van der Waals surface area contributed by atoms with Crippen molar-refractivity contribution in [2.75, 3.05) is 5.32 Å². The quantitative estimate of drug-likeness (QED) is 0.635. The molecule has 2 aromatic rings. The topological polar surface area (TPSA) is 81.5 Å². The molecule has 0 bridgehead atoms. The fourth-order valence-corrected chi connectivity index (χ4v) is 2.26. The number of alkyl halides is 2. The van der Waals surface area contributed by atoms with Gasteiger partial charge in [-0.2, -0.15) is 8.78 Å². The summed E-state index contributed by atoms with van der Waals surface area (Å²) < 4.78 is 28.5. The molecule has 126 valence electrons. The Hall–Kier alpha value is -2.74. The number of carbonyl (C=O) groups is 1. The van der Waals surface area contributed by atoms with Gasteiger partial charge in [0.25, 0.3) is 11.6 Å². The minimum Gasteiger partial charge on any atom is -0.433 e. The molecule has 6 nitrogen and oxygen atoms in total. The van der Waals surface area contributed by atoms with Gasteiger partial charge in [-0.3, -0.25) is 14.9 Å². The third-order valence-corrected chi connectivity index (χ3v) is 3.45. The van der Waals surface area contributed by atoms with E-state index in [9.17, 15) is 23.7 Å². The number of ether oxygens (including phenoxy) is 1. The predicted molar refractivity (Wildman–Crippen MR) is 83.9 cm³/mol. The molecule has 1 N–H and O–H groups in total. The number of hydrogen-bond acceptors (Lipinski definition) is 4. The summed E-state index contributed by atoms with van der Waals surface area (Å²) in [5, 5.41) is 13.3. The summed E-state index contributed by atoms with van der Waals surface area (Å²) in [6.45, 7) is -1.56. The number of nitro groups is 1. The third-order valence-electron chi connectivity index (χ3n) is 3.15. The van der Waals surface area contributed by atoms with Gasteiger partial charge in [0.2, 0.25) is 0 Å². The monoisotopic (exact) mass is 356 g/mol. The molecule has 1 amide bonds. The van der Waals surface area contributed by atoms with Crippen LogP contribution in [0.2, 0.25) is 5.02 Å². The number of halogens is 3. The van der Waals surface area contributed by atoms with E-state index in [1.165, 1.54) is 43.3 Å². The zero-order valence-electron chi connectivity index (χ0n) is 12.3. The molecule has 0 saturated carbocycles. The molecule has 0 aliphatic heterocycles. The lowest BCUT2D eigenvalue weighted by Crippen LogP contribution is -2.14. The van der Waals surface area contributed by atoms with Crippen LogP contribution in [-0.4, -0.2) is 17.4 Å². The first-order chi connectivity index (χ1) is 11.3. The van der Waals surface area contributed by atoms with Crippen LogP contribution >= 0.6 is 11.6 Å². The van der Waals surface area contributed by atoms with Crippen LogP contribution in [0.3, 0.4) is 0 Å². The van der Waals surface area contributed by atoms with E-state index in [1.807, 2.05) is 0 Å². The zero-order chi connectivity index (χ0) is 17.9. The van der Waals surface area contributed by atoms with E-state index >= 15 is 0 Å². The Balaban J connectivity index is 2.23. The second kappa shape index (κ2) is 7.22. The van der Waals surface area contributed by atoms with Crippen LogP contribution < -0.4 is 10.1 Å². The zero-order valence-corrected chi connectivity index (χ0v) is 13.0. The highest BCUT2D eigenvalue weighted by molar-refractivity contribution is 6.32. The van der Waals surface area contributed by atoms with Gasteiger partial charge in [-0.15, -0.1) is 0 Å². The standard InChI is InChI=1S/C15H11ClF2N2O4/c1-8-10(3-2-4-12(8)20(22)23)14(21)19-9-5-6-13(11(16)7-9)24-15(17)18/h2-7,15H,1H3,(H,19,21). The molecule has 0 spiro atoms. The van der Waals surface area contributed by atoms with Gasteiger partial charge >= 0.3 is 6.61 Å². The largest absolute Gasteiger partial charge is 0.433 e. The average molecular weight is 357 g/mol. The number of nitrogens with one attached hydrogen (secondary N) is 1. The molecule has 0 aliphatic carbocycles. The van der Waals surface area contributed by atoms with Crippen molar-refractivity contribution in [1.29, 1.82) is 0 Å². The molecule has 0 atom stereocenters. The molecule has 0 aromatic heterocycles. The molecule has 2 aromatic carbocycles. The van der Waals surface area contributed by atoms with Crippen LogP contribution in [0.25, 0.3) is 0 Å². The number of hydrogen-bond donors (Lipinski definition) is 1. The molecule has 0 heterocycles. The van der Waals surface area contributed by atoms with Gasteiger partial charge in [0, 0.05) is 22.9 Å². The first-order valence-electron chi connectivity index (χ1n) is 6.59. The SMILES string of the molecule is Cc1c(C(=O)Nc2ccc(OC(F)F)c(Cl)c2)cccc1[N+](=O)[O-]. The van der Waals surface area contributed by atoms with E-state index in [0.717, 1.165) is 0 Å². The lowest BCUT2D eigenvalue weighted by atomic mass is 10.1. The Morgan fingerprint density at radius 2 is 2.04 bits per heavy atom. The molecular formula is C15H11ClF2N2O4. The number of benzene rings is 2. The van der Waals surface area contributed by atoms with Crippen molar-refractivity contribution in [3.8, 4) is 5.75 Å². The van der Waals surface area contributed by atoms with Crippen LogP contribution in [0, 0.1) is 17.0 Å². The van der Waals surface area contributed by atoms with Crippen molar-refractivity contribution in [2.24, 2.45) is 0 Å². The third kappa shape index (κ3) is 3.96. The van der Waals surface area contributed by atoms with Gasteiger partial charge in [-0.1, -0.05) is 17.7 Å². The summed E-state index contributed by atoms with van der Waals surface area (Å²) in [5.41, 5.74) is 0.385. The number of anilines is 1. The molecule has 9 heteroatoms. The smallest absolute Gasteiger partial charge is 0.387 e. The minimum atomic E-state index is -3.02. The average Bonchev–Trinajstić information content (AvgIpc) is 2.49. The van der Waals surface area contributed by atoms with E-state index in [-0.39, 0.29) is 33.3 Å². The number of carbonyl (C=O) groups excluding carboxylic acids is 1. The summed E-state index contributed by atoms with van der Waals surface area (Å²) in [6.07, 6.45) is 0. The minimum absolute atomic E-state index is 0.108. The van der Waals surface area contributed by atoms with E-state index in [1.54, 1.807) is 0 Å². The fourth-order valence-electron chi connectivity index (χ4n) is 2.04. The van der Waals surface area contributed by atoms with Crippen LogP contribution in [0.15, 0.2) is 36.4 Å². The summed E-state index contributed by atoms with van der Waals surface area (Å²) in [5.74, 6) is -0.814. The molecule has 0 saturated heterocycles. The summed E-state index contributed by atoms with van der Waals surface area (Å²) >= 11 is 5.80. The second-order valence-electron chi connectivity index (χ2n) is 4.68. The van der Waals surface area contributed by atoms with Crippen molar-refractivity contribution in [3.05, 3.63) is 62.7 Å². The maximum atomic E-state index is 12.3. The van der Waals surface area contributed by atoms with Crippen LogP contribution in [0.1, 0.15) is 15.9 Å². The van der Waals surface area contributed by atoms with Crippen molar-refractivity contribution in [2.45, 2.75) is 13.5 Å². The maximum absolute atomic E-state index is 12.3. The second-order valence-corrected chi connectivity index (χ2v) is 5.09. The maximum Gasteiger partial charge on any atom is 0.387 e. The first kappa shape index (κ1) is 17.6. The Morgan fingerprint density at radius 3 is 2.62 bits per heavy atom. The van der Waals surface area contributed by atoms with Crippen LogP contribution in [0.4, 0.5) is 20.2 Å². The number of rotatable bonds is 5. The Labute approximate surface area is 140 Å². The van der Waals surface area contributed by atoms with E-state index in [4.69, 9.17) is 11.6 Å². The van der Waals surface area contributed by atoms with Crippen molar-refractivity contribution in [1.82, 2.24) is 0 Å². The van der Waals surface area contributed by atoms with Crippen molar-refractivity contribution in [3.63, 3.8) is 0 Å². The lowest BCUT2D eigenvalue weighted by molar-refractivity contribution is -0.385. The van der Waals surface area contributed by atoms with E-state index < -0.39 is 17.4 Å². The van der Waals surface area contributed by atoms with E-state index in [2.05, 4.69) is 10.1 Å². The van der Waals surface area contributed by atoms with Crippen LogP contribution in [0.5, 0.6) is 5.75 Å². The Morgan fingerprint density at radius 1 is 1.33 bits per heavy atom. The van der Waals surface area contributed by atoms with Crippen LogP contribution in [-0.2, 0) is 0 Å².